The number of aryl methyl sites for hydroxylation is 1. The molecule has 0 amide bonds. The second-order valence-corrected chi connectivity index (χ2v) is 6.02. The summed E-state index contributed by atoms with van der Waals surface area (Å²) in [5.41, 5.74) is 1.06. The van der Waals surface area contributed by atoms with Crippen LogP contribution in [0.15, 0.2) is 23.1 Å². The predicted molar refractivity (Wildman–Crippen MR) is 71.3 cm³/mol. The maximum Gasteiger partial charge on any atom is 0.240 e. The molecule has 1 N–H and O–H groups in total. The Morgan fingerprint density at radius 1 is 1.33 bits per heavy atom. The van der Waals surface area contributed by atoms with Gasteiger partial charge in [-0.2, -0.15) is 0 Å². The third kappa shape index (κ3) is 3.65. The zero-order valence-electron chi connectivity index (χ0n) is 11.0. The van der Waals surface area contributed by atoms with Crippen molar-refractivity contribution in [3.8, 4) is 0 Å². The van der Waals surface area contributed by atoms with E-state index >= 15 is 0 Å². The minimum Gasteiger partial charge on any atom is -0.295 e. The smallest absolute Gasteiger partial charge is 0.240 e. The minimum atomic E-state index is -3.52. The van der Waals surface area contributed by atoms with Gasteiger partial charge >= 0.3 is 0 Å². The van der Waals surface area contributed by atoms with Crippen molar-refractivity contribution in [2.45, 2.75) is 38.5 Å². The van der Waals surface area contributed by atoms with Crippen LogP contribution in [-0.2, 0) is 10.0 Å². The molecule has 0 fully saturated rings. The Morgan fingerprint density at radius 2 is 2.00 bits per heavy atom. The fourth-order valence-corrected chi connectivity index (χ4v) is 2.91. The molecule has 0 saturated carbocycles. The van der Waals surface area contributed by atoms with E-state index in [1.807, 2.05) is 6.92 Å². The van der Waals surface area contributed by atoms with Gasteiger partial charge in [0.2, 0.25) is 10.0 Å². The Hall–Kier alpha value is -1.20. The van der Waals surface area contributed by atoms with E-state index in [4.69, 9.17) is 0 Å². The number of nitrogens with one attached hydrogen (secondary N) is 1. The molecule has 5 heteroatoms. The maximum absolute atomic E-state index is 12.1. The number of hydrogen-bond donors (Lipinski definition) is 1. The highest BCUT2D eigenvalue weighted by Crippen LogP contribution is 2.17. The zero-order valence-corrected chi connectivity index (χ0v) is 11.8. The lowest BCUT2D eigenvalue weighted by Crippen LogP contribution is -2.25. The highest BCUT2D eigenvalue weighted by Gasteiger charge is 2.17. The van der Waals surface area contributed by atoms with E-state index in [9.17, 15) is 13.2 Å². The first-order valence-electron chi connectivity index (χ1n) is 5.99. The van der Waals surface area contributed by atoms with Crippen LogP contribution in [0.4, 0.5) is 0 Å². The standard InChI is InChI=1S/C13H19NO3S/c1-4-5-8-14-18(16,17)13-9-12(11(3)15)7-6-10(13)2/h6-7,9,14H,4-5,8H2,1-3H3. The van der Waals surface area contributed by atoms with Crippen LogP contribution in [-0.4, -0.2) is 20.7 Å². The highest BCUT2D eigenvalue weighted by atomic mass is 32.2. The molecule has 0 radical (unpaired) electrons. The lowest BCUT2D eigenvalue weighted by molar-refractivity contribution is 0.101. The average Bonchev–Trinajstić information content (AvgIpc) is 2.29. The van der Waals surface area contributed by atoms with E-state index in [0.29, 0.717) is 17.7 Å². The molecule has 0 aliphatic rings. The summed E-state index contributed by atoms with van der Waals surface area (Å²) in [6.45, 7) is 5.56. The normalized spacial score (nSPS) is 11.5. The first-order chi connectivity index (χ1) is 8.38. The van der Waals surface area contributed by atoms with Gasteiger partial charge in [-0.1, -0.05) is 25.5 Å². The number of unbranched alkanes of at least 4 members (excludes halogenated alkanes) is 1. The first kappa shape index (κ1) is 14.9. The first-order valence-corrected chi connectivity index (χ1v) is 7.48. The molecule has 100 valence electrons. The van der Waals surface area contributed by atoms with Gasteiger partial charge in [0.15, 0.2) is 5.78 Å². The van der Waals surface area contributed by atoms with E-state index in [1.165, 1.54) is 13.0 Å². The summed E-state index contributed by atoms with van der Waals surface area (Å²) in [7, 11) is -3.52. The van der Waals surface area contributed by atoms with Crippen LogP contribution < -0.4 is 4.72 Å². The molecule has 0 atom stereocenters. The molecule has 0 aromatic heterocycles. The Morgan fingerprint density at radius 3 is 2.56 bits per heavy atom. The summed E-state index contributed by atoms with van der Waals surface area (Å²) >= 11 is 0. The van der Waals surface area contributed by atoms with E-state index in [0.717, 1.165) is 12.8 Å². The monoisotopic (exact) mass is 269 g/mol. The average molecular weight is 269 g/mol. The van der Waals surface area contributed by atoms with Crippen molar-refractivity contribution in [1.29, 1.82) is 0 Å². The zero-order chi connectivity index (χ0) is 13.8. The molecule has 0 unspecified atom stereocenters. The van der Waals surface area contributed by atoms with Crippen molar-refractivity contribution in [3.63, 3.8) is 0 Å². The van der Waals surface area contributed by atoms with Crippen molar-refractivity contribution < 1.29 is 13.2 Å². The Balaban J connectivity index is 3.07. The lowest BCUT2D eigenvalue weighted by Gasteiger charge is -2.10. The largest absolute Gasteiger partial charge is 0.295 e. The molecule has 18 heavy (non-hydrogen) atoms. The van der Waals surface area contributed by atoms with Gasteiger partial charge < -0.3 is 0 Å². The summed E-state index contributed by atoms with van der Waals surface area (Å²) in [5, 5.41) is 0. The molecular weight excluding hydrogens is 250 g/mol. The summed E-state index contributed by atoms with van der Waals surface area (Å²) < 4.78 is 26.7. The molecule has 4 nitrogen and oxygen atoms in total. The van der Waals surface area contributed by atoms with Crippen LogP contribution in [0, 0.1) is 6.92 Å². The van der Waals surface area contributed by atoms with Crippen molar-refractivity contribution in [2.24, 2.45) is 0 Å². The van der Waals surface area contributed by atoms with Gasteiger partial charge in [-0.25, -0.2) is 13.1 Å². The van der Waals surface area contributed by atoms with Gasteiger partial charge in [0.25, 0.3) is 0 Å². The minimum absolute atomic E-state index is 0.139. The molecule has 1 rings (SSSR count). The number of Topliss-reactive ketones (excluding diaryl/α,β-unsaturated/α-hetero) is 1. The van der Waals surface area contributed by atoms with Crippen LogP contribution in [0.5, 0.6) is 0 Å². The Kier molecular flexibility index (Phi) is 5.04. The molecular formula is C13H19NO3S. The van der Waals surface area contributed by atoms with Crippen LogP contribution in [0.25, 0.3) is 0 Å². The Bertz CT molecular complexity index is 535. The van der Waals surface area contributed by atoms with Crippen molar-refractivity contribution in [2.75, 3.05) is 6.54 Å². The number of carbonyl (C=O) groups is 1. The van der Waals surface area contributed by atoms with Gasteiger partial charge in [-0.3, -0.25) is 4.79 Å². The third-order valence-electron chi connectivity index (χ3n) is 2.71. The van der Waals surface area contributed by atoms with Crippen molar-refractivity contribution in [3.05, 3.63) is 29.3 Å². The second kappa shape index (κ2) is 6.11. The molecule has 0 aliphatic heterocycles. The van der Waals surface area contributed by atoms with E-state index in [2.05, 4.69) is 4.72 Å². The predicted octanol–water partition coefficient (Wildman–Crippen LogP) is 2.28. The van der Waals surface area contributed by atoms with Crippen LogP contribution in [0.2, 0.25) is 0 Å². The molecule has 0 spiro atoms. The molecule has 0 bridgehead atoms. The van der Waals surface area contributed by atoms with Crippen molar-refractivity contribution in [1.82, 2.24) is 4.72 Å². The van der Waals surface area contributed by atoms with Crippen molar-refractivity contribution >= 4 is 15.8 Å². The third-order valence-corrected chi connectivity index (χ3v) is 4.31. The fourth-order valence-electron chi connectivity index (χ4n) is 1.57. The summed E-state index contributed by atoms with van der Waals surface area (Å²) in [4.78, 5) is 11.5. The molecule has 0 saturated heterocycles. The van der Waals surface area contributed by atoms with Crippen LogP contribution in [0.1, 0.15) is 42.6 Å². The van der Waals surface area contributed by atoms with E-state index < -0.39 is 10.0 Å². The van der Waals surface area contributed by atoms with Crippen LogP contribution >= 0.6 is 0 Å². The number of hydrogen-bond acceptors (Lipinski definition) is 3. The van der Waals surface area contributed by atoms with Crippen LogP contribution in [0.3, 0.4) is 0 Å². The molecule has 1 aromatic rings. The quantitative estimate of drug-likeness (QED) is 0.636. The summed E-state index contributed by atoms with van der Waals surface area (Å²) in [6, 6.07) is 4.74. The fraction of sp³-hybridized carbons (Fsp3) is 0.462. The second-order valence-electron chi connectivity index (χ2n) is 4.29. The SMILES string of the molecule is CCCCNS(=O)(=O)c1cc(C(C)=O)ccc1C. The number of ketones is 1. The maximum atomic E-state index is 12.1. The molecule has 0 heterocycles. The number of benzene rings is 1. The Labute approximate surface area is 108 Å². The van der Waals surface area contributed by atoms with E-state index in [-0.39, 0.29) is 10.7 Å². The summed E-state index contributed by atoms with van der Waals surface area (Å²) in [5.74, 6) is -0.139. The van der Waals surface area contributed by atoms with Gasteiger partial charge in [0, 0.05) is 12.1 Å². The molecule has 0 aliphatic carbocycles. The van der Waals surface area contributed by atoms with Gasteiger partial charge in [0.05, 0.1) is 4.90 Å². The van der Waals surface area contributed by atoms with Gasteiger partial charge in [-0.15, -0.1) is 0 Å². The number of rotatable bonds is 6. The van der Waals surface area contributed by atoms with Gasteiger partial charge in [-0.05, 0) is 31.9 Å². The van der Waals surface area contributed by atoms with E-state index in [1.54, 1.807) is 19.1 Å². The number of carbonyl (C=O) groups excluding carboxylic acids is 1. The topological polar surface area (TPSA) is 63.2 Å². The lowest BCUT2D eigenvalue weighted by atomic mass is 10.1. The summed E-state index contributed by atoms with van der Waals surface area (Å²) in [6.07, 6.45) is 1.72. The number of sulfonamides is 1. The molecule has 1 aromatic carbocycles. The van der Waals surface area contributed by atoms with Gasteiger partial charge in [0.1, 0.15) is 0 Å². The highest BCUT2D eigenvalue weighted by molar-refractivity contribution is 7.89.